The van der Waals surface area contributed by atoms with Gasteiger partial charge in [0.25, 0.3) is 0 Å². The number of esters is 2. The Morgan fingerprint density at radius 3 is 2.11 bits per heavy atom. The SMILES string of the molecule is COC(=O)C(OC(C)=O)c1ccc(/C=C/C(=O)N[C@H](C(=O)N2C[C@@H](NC(C)=O)C[C@H]2C(=O)N(Cc2ccccc2)c2ccc(C(N)=O)cc2)C(C)(C)C)cc1. The Balaban J connectivity index is 1.60. The molecule has 0 spiro atoms. The van der Waals surface area contributed by atoms with E-state index in [1.165, 1.54) is 55.0 Å². The van der Waals surface area contributed by atoms with Gasteiger partial charge in [-0.1, -0.05) is 75.4 Å². The van der Waals surface area contributed by atoms with E-state index in [9.17, 15) is 33.6 Å². The van der Waals surface area contributed by atoms with Gasteiger partial charge in [-0.2, -0.15) is 0 Å². The Kier molecular flexibility index (Phi) is 13.7. The van der Waals surface area contributed by atoms with Gasteiger partial charge in [0, 0.05) is 49.3 Å². The Bertz CT molecular complexity index is 1920. The van der Waals surface area contributed by atoms with Crippen LogP contribution in [0.2, 0.25) is 0 Å². The number of amides is 5. The number of benzene rings is 3. The molecule has 0 radical (unpaired) electrons. The summed E-state index contributed by atoms with van der Waals surface area (Å²) in [5, 5.41) is 5.66. The lowest BCUT2D eigenvalue weighted by molar-refractivity contribution is -0.165. The molecule has 0 saturated carbocycles. The number of anilines is 1. The molecule has 55 heavy (non-hydrogen) atoms. The highest BCUT2D eigenvalue weighted by molar-refractivity contribution is 6.02. The van der Waals surface area contributed by atoms with Crippen molar-refractivity contribution >= 4 is 53.2 Å². The number of rotatable bonds is 13. The van der Waals surface area contributed by atoms with E-state index in [4.69, 9.17) is 15.2 Å². The summed E-state index contributed by atoms with van der Waals surface area (Å²) >= 11 is 0. The first-order chi connectivity index (χ1) is 26.0. The summed E-state index contributed by atoms with van der Waals surface area (Å²) in [6.07, 6.45) is 1.66. The first kappa shape index (κ1) is 41.4. The number of ether oxygens (including phenoxy) is 2. The summed E-state index contributed by atoms with van der Waals surface area (Å²) in [6.45, 7) is 8.09. The number of likely N-dealkylation sites (tertiary alicyclic amines) is 1. The molecule has 4 atom stereocenters. The number of nitrogens with one attached hydrogen (secondary N) is 2. The minimum atomic E-state index is -1.25. The van der Waals surface area contributed by atoms with E-state index in [1.54, 1.807) is 57.2 Å². The third-order valence-electron chi connectivity index (χ3n) is 8.95. The smallest absolute Gasteiger partial charge is 0.351 e. The lowest BCUT2D eigenvalue weighted by atomic mass is 9.85. The molecule has 1 aliphatic rings. The number of hydrogen-bond acceptors (Lipinski definition) is 9. The van der Waals surface area contributed by atoms with Crippen LogP contribution in [0.1, 0.15) is 74.2 Å². The molecule has 0 bridgehead atoms. The predicted octanol–water partition coefficient (Wildman–Crippen LogP) is 3.45. The minimum Gasteiger partial charge on any atom is -0.466 e. The minimum absolute atomic E-state index is 0.0269. The quantitative estimate of drug-likeness (QED) is 0.173. The number of nitrogens with two attached hydrogens (primary N) is 1. The third-order valence-corrected chi connectivity index (χ3v) is 8.95. The molecule has 1 fully saturated rings. The molecule has 14 nitrogen and oxygen atoms in total. The van der Waals surface area contributed by atoms with E-state index in [0.717, 1.165) is 5.56 Å². The number of methoxy groups -OCH3 is 1. The highest BCUT2D eigenvalue weighted by Crippen LogP contribution is 2.30. The number of primary amides is 1. The van der Waals surface area contributed by atoms with Gasteiger partial charge in [-0.25, -0.2) is 4.79 Å². The summed E-state index contributed by atoms with van der Waals surface area (Å²) in [4.78, 5) is 93.1. The van der Waals surface area contributed by atoms with E-state index in [2.05, 4.69) is 10.6 Å². The Labute approximate surface area is 320 Å². The summed E-state index contributed by atoms with van der Waals surface area (Å²) in [5.74, 6) is -3.84. The van der Waals surface area contributed by atoms with Gasteiger partial charge in [0.05, 0.1) is 13.7 Å². The fourth-order valence-electron chi connectivity index (χ4n) is 6.24. The van der Waals surface area contributed by atoms with E-state index in [-0.39, 0.29) is 31.0 Å². The monoisotopic (exact) mass is 753 g/mol. The van der Waals surface area contributed by atoms with E-state index < -0.39 is 65.2 Å². The van der Waals surface area contributed by atoms with Gasteiger partial charge < -0.3 is 35.6 Å². The molecule has 14 heteroatoms. The molecule has 0 aliphatic carbocycles. The van der Waals surface area contributed by atoms with Gasteiger partial charge in [0.2, 0.25) is 35.6 Å². The molecule has 1 saturated heterocycles. The fourth-order valence-corrected chi connectivity index (χ4v) is 6.24. The van der Waals surface area contributed by atoms with Crippen LogP contribution in [0, 0.1) is 5.41 Å². The Morgan fingerprint density at radius 2 is 1.56 bits per heavy atom. The maximum atomic E-state index is 14.6. The molecule has 4 rings (SSSR count). The van der Waals surface area contributed by atoms with Crippen LogP contribution in [0.3, 0.4) is 0 Å². The average Bonchev–Trinajstić information content (AvgIpc) is 3.56. The first-order valence-electron chi connectivity index (χ1n) is 17.6. The van der Waals surface area contributed by atoms with Crippen LogP contribution in [0.25, 0.3) is 6.08 Å². The van der Waals surface area contributed by atoms with Gasteiger partial charge in [0.1, 0.15) is 12.1 Å². The van der Waals surface area contributed by atoms with Crippen LogP contribution < -0.4 is 21.3 Å². The van der Waals surface area contributed by atoms with Crippen molar-refractivity contribution in [2.45, 2.75) is 71.8 Å². The lowest BCUT2D eigenvalue weighted by Gasteiger charge is -2.36. The summed E-state index contributed by atoms with van der Waals surface area (Å²) < 4.78 is 9.84. The van der Waals surface area contributed by atoms with Crippen molar-refractivity contribution in [2.24, 2.45) is 11.1 Å². The zero-order valence-corrected chi connectivity index (χ0v) is 31.7. The second-order valence-corrected chi connectivity index (χ2v) is 14.3. The standard InChI is InChI=1S/C41H47N5O9/c1-25(47)43-31-22-33(38(51)45(23-28-10-8-7-9-11-28)32-19-17-30(18-20-32)37(42)50)46(24-31)39(52)36(41(3,4)5)44-34(49)21-14-27-12-15-29(16-13-27)35(40(53)54-6)55-26(2)48/h7-21,31,33,35-36H,22-24H2,1-6H3,(H2,42,50)(H,43,47)(H,44,49)/b21-14+/t31-,33-,35?,36+/m0/s1. The van der Waals surface area contributed by atoms with E-state index >= 15 is 0 Å². The fraction of sp³-hybridized carbons (Fsp3) is 0.341. The average molecular weight is 754 g/mol. The van der Waals surface area contributed by atoms with Crippen molar-refractivity contribution in [1.82, 2.24) is 15.5 Å². The van der Waals surface area contributed by atoms with Crippen LogP contribution in [0.5, 0.6) is 0 Å². The van der Waals surface area contributed by atoms with Crippen LogP contribution in [0.4, 0.5) is 5.69 Å². The second-order valence-electron chi connectivity index (χ2n) is 14.3. The molecule has 1 unspecified atom stereocenters. The zero-order chi connectivity index (χ0) is 40.4. The summed E-state index contributed by atoms with van der Waals surface area (Å²) in [7, 11) is 1.18. The molecule has 5 amide bonds. The lowest BCUT2D eigenvalue weighted by Crippen LogP contribution is -2.58. The van der Waals surface area contributed by atoms with Gasteiger partial charge in [0.15, 0.2) is 0 Å². The molecule has 4 N–H and O–H groups in total. The maximum absolute atomic E-state index is 14.6. The van der Waals surface area contributed by atoms with Gasteiger partial charge in [-0.15, -0.1) is 0 Å². The highest BCUT2D eigenvalue weighted by Gasteiger charge is 2.46. The number of hydrogen-bond donors (Lipinski definition) is 3. The molecule has 290 valence electrons. The van der Waals surface area contributed by atoms with Crippen LogP contribution in [-0.4, -0.2) is 78.2 Å². The van der Waals surface area contributed by atoms with Crippen molar-refractivity contribution in [3.63, 3.8) is 0 Å². The van der Waals surface area contributed by atoms with Crippen LogP contribution in [0.15, 0.2) is 84.9 Å². The maximum Gasteiger partial charge on any atom is 0.351 e. The van der Waals surface area contributed by atoms with Crippen molar-refractivity contribution in [3.05, 3.63) is 107 Å². The molecule has 3 aromatic carbocycles. The highest BCUT2D eigenvalue weighted by atomic mass is 16.6. The number of nitrogens with zero attached hydrogens (tertiary/aromatic N) is 2. The van der Waals surface area contributed by atoms with E-state index in [0.29, 0.717) is 16.8 Å². The topological polar surface area (TPSA) is 195 Å². The molecule has 1 heterocycles. The van der Waals surface area contributed by atoms with Crippen LogP contribution >= 0.6 is 0 Å². The predicted molar refractivity (Wildman–Crippen MR) is 204 cm³/mol. The van der Waals surface area contributed by atoms with Crippen LogP contribution in [-0.2, 0) is 44.8 Å². The molecule has 1 aliphatic heterocycles. The normalized spacial score (nSPS) is 16.4. The van der Waals surface area contributed by atoms with Crippen molar-refractivity contribution < 1.29 is 43.0 Å². The summed E-state index contributed by atoms with van der Waals surface area (Å²) in [5.41, 5.74) is 7.16. The molecular weight excluding hydrogens is 706 g/mol. The van der Waals surface area contributed by atoms with Gasteiger partial charge in [-0.3, -0.25) is 28.8 Å². The second kappa shape index (κ2) is 18.1. The Morgan fingerprint density at radius 1 is 0.927 bits per heavy atom. The molecule has 3 aromatic rings. The van der Waals surface area contributed by atoms with Crippen molar-refractivity contribution in [1.29, 1.82) is 0 Å². The number of carbonyl (C=O) groups is 7. The van der Waals surface area contributed by atoms with Crippen molar-refractivity contribution in [2.75, 3.05) is 18.6 Å². The third kappa shape index (κ3) is 11.1. The van der Waals surface area contributed by atoms with Gasteiger partial charge in [-0.05, 0) is 53.3 Å². The van der Waals surface area contributed by atoms with Gasteiger partial charge >= 0.3 is 11.9 Å². The zero-order valence-electron chi connectivity index (χ0n) is 31.7. The van der Waals surface area contributed by atoms with Crippen molar-refractivity contribution in [3.8, 4) is 0 Å². The molecule has 0 aromatic heterocycles. The molecular formula is C41H47N5O9. The summed E-state index contributed by atoms with van der Waals surface area (Å²) in [6, 6.07) is 19.3. The Hall–Kier alpha value is -6.31. The largest absolute Gasteiger partial charge is 0.466 e. The first-order valence-corrected chi connectivity index (χ1v) is 17.6. The number of carbonyl (C=O) groups excluding carboxylic acids is 7. The van der Waals surface area contributed by atoms with E-state index in [1.807, 2.05) is 30.3 Å².